The van der Waals surface area contributed by atoms with Gasteiger partial charge in [-0.15, -0.1) is 0 Å². The van der Waals surface area contributed by atoms with Crippen molar-refractivity contribution in [3.05, 3.63) is 146 Å². The Hall–Kier alpha value is -4.42. The molecule has 8 rings (SSSR count). The van der Waals surface area contributed by atoms with E-state index < -0.39 is 7.92 Å². The molecule has 0 spiro atoms. The summed E-state index contributed by atoms with van der Waals surface area (Å²) in [6.07, 6.45) is 3.72. The van der Waals surface area contributed by atoms with Crippen LogP contribution in [0.4, 0.5) is 0 Å². The third-order valence-electron chi connectivity index (χ3n) is 7.59. The lowest BCUT2D eigenvalue weighted by molar-refractivity contribution is 1.32. The summed E-state index contributed by atoms with van der Waals surface area (Å²) in [7, 11) is -0.207. The minimum Gasteiger partial charge on any atom is -0.292 e. The van der Waals surface area contributed by atoms with Crippen LogP contribution in [0.3, 0.4) is 0 Å². The molecule has 3 heterocycles. The SMILES string of the molecule is c1ccc(P(c2ccccc2)c2cccc3c2c2ccccc2n2c4ccc(Pc5ccncc5)cc4nc32)cc1. The average Bonchev–Trinajstić information content (AvgIpc) is 3.42. The molecule has 41 heavy (non-hydrogen) atoms. The number of imidazole rings is 1. The number of hydrogen-bond donors (Lipinski definition) is 0. The zero-order valence-corrected chi connectivity index (χ0v) is 24.0. The van der Waals surface area contributed by atoms with Gasteiger partial charge in [-0.3, -0.25) is 9.38 Å². The Morgan fingerprint density at radius 1 is 0.561 bits per heavy atom. The highest BCUT2D eigenvalue weighted by Crippen LogP contribution is 2.39. The summed E-state index contributed by atoms with van der Waals surface area (Å²) >= 11 is 0. The van der Waals surface area contributed by atoms with E-state index in [0.29, 0.717) is 8.58 Å². The van der Waals surface area contributed by atoms with E-state index in [0.717, 1.165) is 16.7 Å². The lowest BCUT2D eigenvalue weighted by Gasteiger charge is -2.22. The van der Waals surface area contributed by atoms with Gasteiger partial charge in [0.15, 0.2) is 0 Å². The second-order valence-electron chi connectivity index (χ2n) is 10.1. The van der Waals surface area contributed by atoms with Crippen molar-refractivity contribution in [1.82, 2.24) is 14.4 Å². The normalized spacial score (nSPS) is 12.0. The molecule has 194 valence electrons. The Bertz CT molecular complexity index is 2140. The van der Waals surface area contributed by atoms with Crippen molar-refractivity contribution in [2.75, 3.05) is 0 Å². The van der Waals surface area contributed by atoms with E-state index in [1.807, 2.05) is 12.4 Å². The number of pyridine rings is 2. The molecule has 0 radical (unpaired) electrons. The van der Waals surface area contributed by atoms with Gasteiger partial charge in [0, 0.05) is 28.6 Å². The molecule has 1 unspecified atom stereocenters. The molecule has 1 atom stereocenters. The molecule has 0 amide bonds. The van der Waals surface area contributed by atoms with Crippen LogP contribution in [0, 0.1) is 0 Å². The summed E-state index contributed by atoms with van der Waals surface area (Å²) in [6, 6.07) is 48.4. The predicted molar refractivity (Wildman–Crippen MR) is 178 cm³/mol. The van der Waals surface area contributed by atoms with E-state index >= 15 is 0 Å². The molecule has 0 saturated heterocycles. The van der Waals surface area contributed by atoms with Crippen LogP contribution in [0.2, 0.25) is 0 Å². The van der Waals surface area contributed by atoms with Crippen molar-refractivity contribution in [3.63, 3.8) is 0 Å². The van der Waals surface area contributed by atoms with E-state index in [9.17, 15) is 0 Å². The number of fused-ring (bicyclic) bond motifs is 8. The van der Waals surface area contributed by atoms with Gasteiger partial charge in [-0.25, -0.2) is 4.98 Å². The Kier molecular flexibility index (Phi) is 6.07. The predicted octanol–water partition coefficient (Wildman–Crippen LogP) is 6.58. The van der Waals surface area contributed by atoms with Gasteiger partial charge < -0.3 is 0 Å². The lowest BCUT2D eigenvalue weighted by atomic mass is 10.1. The van der Waals surface area contributed by atoms with Crippen molar-refractivity contribution in [2.45, 2.75) is 0 Å². The Morgan fingerprint density at radius 2 is 1.24 bits per heavy atom. The van der Waals surface area contributed by atoms with Crippen LogP contribution in [0.5, 0.6) is 0 Å². The zero-order chi connectivity index (χ0) is 27.2. The topological polar surface area (TPSA) is 30.2 Å². The molecule has 0 aliphatic rings. The molecular weight excluding hydrogens is 536 g/mol. The minimum absolute atomic E-state index is 0.565. The van der Waals surface area contributed by atoms with E-state index in [1.165, 1.54) is 48.2 Å². The highest BCUT2D eigenvalue weighted by molar-refractivity contribution is 7.80. The number of nitrogens with zero attached hydrogens (tertiary/aromatic N) is 3. The Morgan fingerprint density at radius 3 is 2.00 bits per heavy atom. The fraction of sp³-hybridized carbons (Fsp3) is 0. The smallest absolute Gasteiger partial charge is 0.146 e. The van der Waals surface area contributed by atoms with Gasteiger partial charge in [0.2, 0.25) is 0 Å². The molecule has 0 fully saturated rings. The van der Waals surface area contributed by atoms with Crippen LogP contribution in [0.25, 0.3) is 38.4 Å². The first-order chi connectivity index (χ1) is 20.3. The maximum absolute atomic E-state index is 5.30. The standard InChI is InChI=1S/C36H25N3P2/c1-3-10-27(11-4-1)41(28-12-5-2-6-13-28)34-17-9-15-30-35(34)29-14-7-8-16-32(29)39-33-19-18-26(24-31(33)38-36(30)39)40-25-20-22-37-23-21-25/h1-24,40H. The van der Waals surface area contributed by atoms with Gasteiger partial charge in [0.25, 0.3) is 0 Å². The van der Waals surface area contributed by atoms with Crippen molar-refractivity contribution in [2.24, 2.45) is 0 Å². The first-order valence-corrected chi connectivity index (χ1v) is 16.0. The summed E-state index contributed by atoms with van der Waals surface area (Å²) in [6.45, 7) is 0. The quantitative estimate of drug-likeness (QED) is 0.176. The van der Waals surface area contributed by atoms with Crippen LogP contribution >= 0.6 is 16.5 Å². The minimum atomic E-state index is -0.773. The molecule has 0 aliphatic heterocycles. The largest absolute Gasteiger partial charge is 0.292 e. The molecule has 3 aromatic heterocycles. The molecule has 0 aliphatic carbocycles. The van der Waals surface area contributed by atoms with Crippen molar-refractivity contribution < 1.29 is 0 Å². The summed E-state index contributed by atoms with van der Waals surface area (Å²) in [4.78, 5) is 9.48. The van der Waals surface area contributed by atoms with Crippen molar-refractivity contribution in [3.8, 4) is 0 Å². The number of hydrogen-bond acceptors (Lipinski definition) is 2. The Labute approximate surface area is 241 Å². The molecule has 5 aromatic carbocycles. The highest BCUT2D eigenvalue weighted by Gasteiger charge is 2.22. The average molecular weight is 562 g/mol. The molecule has 5 heteroatoms. The fourth-order valence-corrected chi connectivity index (χ4v) is 9.36. The van der Waals surface area contributed by atoms with Gasteiger partial charge in [0.1, 0.15) is 5.65 Å². The number of para-hydroxylation sites is 1. The first-order valence-electron chi connectivity index (χ1n) is 13.7. The van der Waals surface area contributed by atoms with Gasteiger partial charge in [-0.2, -0.15) is 0 Å². The second-order valence-corrected chi connectivity index (χ2v) is 13.6. The zero-order valence-electron chi connectivity index (χ0n) is 22.1. The van der Waals surface area contributed by atoms with Crippen molar-refractivity contribution in [1.29, 1.82) is 0 Å². The number of aromatic nitrogens is 3. The molecule has 0 bridgehead atoms. The van der Waals surface area contributed by atoms with Crippen LogP contribution in [0.1, 0.15) is 0 Å². The maximum Gasteiger partial charge on any atom is 0.146 e. The summed E-state index contributed by atoms with van der Waals surface area (Å²) in [5, 5.41) is 10.4. The van der Waals surface area contributed by atoms with E-state index in [1.54, 1.807) is 0 Å². The monoisotopic (exact) mass is 561 g/mol. The Balaban J connectivity index is 1.43. The van der Waals surface area contributed by atoms with Gasteiger partial charge in [-0.1, -0.05) is 112 Å². The van der Waals surface area contributed by atoms with Gasteiger partial charge in [0.05, 0.1) is 16.6 Å². The van der Waals surface area contributed by atoms with Crippen LogP contribution in [0.15, 0.2) is 146 Å². The fourth-order valence-electron chi connectivity index (χ4n) is 5.84. The van der Waals surface area contributed by atoms with Crippen LogP contribution < -0.4 is 26.5 Å². The number of rotatable bonds is 5. The summed E-state index contributed by atoms with van der Waals surface area (Å²) in [5.41, 5.74) is 4.36. The molecule has 3 nitrogen and oxygen atoms in total. The van der Waals surface area contributed by atoms with E-state index in [4.69, 9.17) is 4.98 Å². The van der Waals surface area contributed by atoms with Gasteiger partial charge >= 0.3 is 0 Å². The lowest BCUT2D eigenvalue weighted by Crippen LogP contribution is -2.21. The third-order valence-corrected chi connectivity index (χ3v) is 11.3. The second kappa shape index (κ2) is 10.2. The third kappa shape index (κ3) is 4.21. The van der Waals surface area contributed by atoms with E-state index in [2.05, 4.69) is 143 Å². The van der Waals surface area contributed by atoms with Crippen molar-refractivity contribution >= 4 is 81.4 Å². The van der Waals surface area contributed by atoms with Crippen LogP contribution in [-0.2, 0) is 0 Å². The summed E-state index contributed by atoms with van der Waals surface area (Å²) in [5.74, 6) is 0. The summed E-state index contributed by atoms with van der Waals surface area (Å²) < 4.78 is 2.35. The highest BCUT2D eigenvalue weighted by atomic mass is 31.1. The maximum atomic E-state index is 5.30. The first kappa shape index (κ1) is 24.4. The molecule has 8 aromatic rings. The molecular formula is C36H25N3P2. The van der Waals surface area contributed by atoms with Crippen LogP contribution in [-0.4, -0.2) is 14.4 Å². The number of benzene rings is 5. The van der Waals surface area contributed by atoms with Gasteiger partial charge in [-0.05, 0) is 64.8 Å². The van der Waals surface area contributed by atoms with E-state index in [-0.39, 0.29) is 0 Å². The molecule has 0 N–H and O–H groups in total. The molecule has 0 saturated carbocycles.